The largest absolute Gasteiger partial charge is 0.457 e. The van der Waals surface area contributed by atoms with E-state index >= 15 is 0 Å². The molecule has 0 aromatic heterocycles. The molecule has 0 aromatic carbocycles. The maximum Gasteiger partial charge on any atom is 0.306 e. The van der Waals surface area contributed by atoms with Crippen molar-refractivity contribution in [2.24, 2.45) is 0 Å². The zero-order valence-corrected chi connectivity index (χ0v) is 46.8. The summed E-state index contributed by atoms with van der Waals surface area (Å²) in [5.74, 6) is -0.385. The molecule has 0 aromatic rings. The molecule has 2 aliphatic heterocycles. The first-order valence-corrected chi connectivity index (χ1v) is 29.9. The third-order valence-corrected chi connectivity index (χ3v) is 14.0. The summed E-state index contributed by atoms with van der Waals surface area (Å²) in [6.45, 7) is 3.64. The van der Waals surface area contributed by atoms with Crippen molar-refractivity contribution in [2.45, 2.75) is 287 Å². The molecule has 2 saturated heterocycles. The van der Waals surface area contributed by atoms with E-state index in [9.17, 15) is 40.5 Å². The van der Waals surface area contributed by atoms with E-state index in [4.69, 9.17) is 28.4 Å². The van der Waals surface area contributed by atoms with Crippen molar-refractivity contribution < 1.29 is 69.0 Å². The molecule has 75 heavy (non-hydrogen) atoms. The molecule has 14 nitrogen and oxygen atoms in total. The van der Waals surface area contributed by atoms with Crippen molar-refractivity contribution in [3.8, 4) is 0 Å². The van der Waals surface area contributed by atoms with Gasteiger partial charge in [-0.2, -0.15) is 0 Å². The number of carbonyl (C=O) groups excluding carboxylic acids is 1. The van der Waals surface area contributed by atoms with Crippen LogP contribution in [0.4, 0.5) is 0 Å². The Hall–Kier alpha value is -2.31. The standard InChI is InChI=1S/C61H108O14/c1-3-5-7-9-11-13-15-17-19-21-23-24-25-26-27-28-30-32-34-36-38-40-42-44-53(63)73-50(47-70-45-43-41-39-37-35-33-31-29-22-20-18-16-14-12-10-8-6-4-2)48-71-60-59(69)57(67)55(65)52(75-60)49-72-61-58(68)56(66)54(64)51(46-62)74-61/h12,14-15,17-18,20-21,23,25-26,50-52,54-62,64-69H,3-11,13,16,19,22,24,27-49H2,1-2H3/b14-12-,17-15-,20-18-,23-21-,26-25-. The van der Waals surface area contributed by atoms with Crippen LogP contribution in [0.25, 0.3) is 0 Å². The van der Waals surface area contributed by atoms with E-state index < -0.39 is 80.7 Å². The van der Waals surface area contributed by atoms with Gasteiger partial charge in [0.1, 0.15) is 54.9 Å². The van der Waals surface area contributed by atoms with Gasteiger partial charge in [-0.05, 0) is 83.5 Å². The normalized spacial score (nSPS) is 25.0. The molecule has 2 aliphatic rings. The maximum absolute atomic E-state index is 13.1. The van der Waals surface area contributed by atoms with E-state index in [0.717, 1.165) is 70.6 Å². The van der Waals surface area contributed by atoms with Gasteiger partial charge in [-0.25, -0.2) is 0 Å². The Kier molecular flexibility index (Phi) is 43.7. The molecular formula is C61H108O14. The molecule has 14 heteroatoms. The summed E-state index contributed by atoms with van der Waals surface area (Å²) < 4.78 is 34.4. The van der Waals surface area contributed by atoms with Crippen LogP contribution in [-0.2, 0) is 33.2 Å². The van der Waals surface area contributed by atoms with Gasteiger partial charge in [0.25, 0.3) is 0 Å². The fourth-order valence-corrected chi connectivity index (χ4v) is 9.15. The van der Waals surface area contributed by atoms with Crippen LogP contribution in [0, 0.1) is 0 Å². The number of carbonyl (C=O) groups is 1. The van der Waals surface area contributed by atoms with Crippen molar-refractivity contribution in [2.75, 3.05) is 33.0 Å². The summed E-state index contributed by atoms with van der Waals surface area (Å²) in [5.41, 5.74) is 0. The number of hydrogen-bond donors (Lipinski definition) is 7. The first-order chi connectivity index (χ1) is 36.6. The van der Waals surface area contributed by atoms with Crippen molar-refractivity contribution in [1.82, 2.24) is 0 Å². The zero-order valence-electron chi connectivity index (χ0n) is 46.8. The summed E-state index contributed by atoms with van der Waals surface area (Å²) in [6.07, 6.45) is 42.7. The number of unbranched alkanes of at least 4 members (excludes halogenated alkanes) is 24. The molecule has 0 amide bonds. The second kappa shape index (κ2) is 47.7. The Balaban J connectivity index is 1.71. The van der Waals surface area contributed by atoms with Crippen molar-refractivity contribution in [3.05, 3.63) is 60.8 Å². The van der Waals surface area contributed by atoms with E-state index in [1.54, 1.807) is 0 Å². The molecule has 436 valence electrons. The monoisotopic (exact) mass is 1060 g/mol. The number of aliphatic hydroxyl groups excluding tert-OH is 7. The van der Waals surface area contributed by atoms with Gasteiger partial charge in [0.15, 0.2) is 12.6 Å². The highest BCUT2D eigenvalue weighted by Crippen LogP contribution is 2.27. The molecule has 7 N–H and O–H groups in total. The fourth-order valence-electron chi connectivity index (χ4n) is 9.15. The van der Waals surface area contributed by atoms with E-state index in [1.165, 1.54) is 122 Å². The molecule has 0 aliphatic carbocycles. The van der Waals surface area contributed by atoms with Gasteiger partial charge in [0.2, 0.25) is 0 Å². The average molecular weight is 1070 g/mol. The first kappa shape index (κ1) is 68.8. The van der Waals surface area contributed by atoms with Crippen LogP contribution in [0.1, 0.15) is 219 Å². The Morgan fingerprint density at radius 2 is 0.827 bits per heavy atom. The van der Waals surface area contributed by atoms with Crippen LogP contribution in [0.5, 0.6) is 0 Å². The van der Waals surface area contributed by atoms with Gasteiger partial charge in [-0.15, -0.1) is 0 Å². The van der Waals surface area contributed by atoms with Gasteiger partial charge in [-0.3, -0.25) is 4.79 Å². The van der Waals surface area contributed by atoms with Crippen LogP contribution in [0.15, 0.2) is 60.8 Å². The lowest BCUT2D eigenvalue weighted by atomic mass is 9.98. The summed E-state index contributed by atoms with van der Waals surface area (Å²) in [6, 6.07) is 0. The number of esters is 1. The summed E-state index contributed by atoms with van der Waals surface area (Å²) >= 11 is 0. The van der Waals surface area contributed by atoms with Crippen molar-refractivity contribution in [1.29, 1.82) is 0 Å². The lowest BCUT2D eigenvalue weighted by molar-refractivity contribution is -0.332. The average Bonchev–Trinajstić information content (AvgIpc) is 3.41. The highest BCUT2D eigenvalue weighted by molar-refractivity contribution is 5.69. The Labute approximate surface area is 454 Å². The third kappa shape index (κ3) is 34.3. The molecule has 0 spiro atoms. The lowest BCUT2D eigenvalue weighted by Gasteiger charge is -2.42. The minimum Gasteiger partial charge on any atom is -0.457 e. The summed E-state index contributed by atoms with van der Waals surface area (Å²) in [7, 11) is 0. The molecule has 2 heterocycles. The van der Waals surface area contributed by atoms with Crippen LogP contribution in [-0.4, -0.2) is 142 Å². The van der Waals surface area contributed by atoms with E-state index in [2.05, 4.69) is 74.6 Å². The molecule has 11 unspecified atom stereocenters. The predicted molar refractivity (Wildman–Crippen MR) is 298 cm³/mol. The second-order valence-electron chi connectivity index (χ2n) is 20.8. The summed E-state index contributed by atoms with van der Waals surface area (Å²) in [4.78, 5) is 13.1. The van der Waals surface area contributed by atoms with E-state index in [-0.39, 0.29) is 25.6 Å². The van der Waals surface area contributed by atoms with Crippen LogP contribution in [0.2, 0.25) is 0 Å². The van der Waals surface area contributed by atoms with Gasteiger partial charge in [-0.1, -0.05) is 190 Å². The Morgan fingerprint density at radius 1 is 0.440 bits per heavy atom. The smallest absolute Gasteiger partial charge is 0.306 e. The molecule has 2 rings (SSSR count). The topological polar surface area (TPSA) is 214 Å². The van der Waals surface area contributed by atoms with Gasteiger partial charge >= 0.3 is 5.97 Å². The highest BCUT2D eigenvalue weighted by Gasteiger charge is 2.47. The predicted octanol–water partition coefficient (Wildman–Crippen LogP) is 10.9. The fraction of sp³-hybridized carbons (Fsp3) is 0.820. The minimum atomic E-state index is -1.71. The molecule has 11 atom stereocenters. The number of hydrogen-bond acceptors (Lipinski definition) is 14. The molecule has 2 fully saturated rings. The first-order valence-electron chi connectivity index (χ1n) is 29.9. The Bertz CT molecular complexity index is 1470. The van der Waals surface area contributed by atoms with E-state index in [1.807, 2.05) is 0 Å². The minimum absolute atomic E-state index is 0.0527. The van der Waals surface area contributed by atoms with Crippen molar-refractivity contribution in [3.63, 3.8) is 0 Å². The summed E-state index contributed by atoms with van der Waals surface area (Å²) in [5, 5.41) is 72.4. The molecule has 0 saturated carbocycles. The van der Waals surface area contributed by atoms with Crippen molar-refractivity contribution >= 4 is 5.97 Å². The quantitative estimate of drug-likeness (QED) is 0.0172. The number of aliphatic hydroxyl groups is 7. The van der Waals surface area contributed by atoms with Gasteiger partial charge in [0.05, 0.1) is 26.4 Å². The lowest BCUT2D eigenvalue weighted by Crippen LogP contribution is -2.61. The Morgan fingerprint density at radius 3 is 1.32 bits per heavy atom. The zero-order chi connectivity index (χ0) is 54.4. The molecular weight excluding hydrogens is 957 g/mol. The van der Waals surface area contributed by atoms with Crippen LogP contribution < -0.4 is 0 Å². The number of allylic oxidation sites excluding steroid dienone is 10. The van der Waals surface area contributed by atoms with Crippen LogP contribution >= 0.6 is 0 Å². The van der Waals surface area contributed by atoms with Gasteiger partial charge in [0, 0.05) is 13.0 Å². The SMILES string of the molecule is CCCCC/C=C\C/C=C\CCCCCCCCCCOCC(COC1OC(COC2OC(CO)C(O)C(O)C2O)C(O)C(O)C1O)OC(=O)CCCCCCCCCC/C=C\C/C=C\C/C=C\CCCCCCC. The molecule has 0 radical (unpaired) electrons. The second-order valence-corrected chi connectivity index (χ2v) is 20.8. The van der Waals surface area contributed by atoms with Gasteiger partial charge < -0.3 is 64.2 Å². The maximum atomic E-state index is 13.1. The van der Waals surface area contributed by atoms with E-state index in [0.29, 0.717) is 13.0 Å². The number of ether oxygens (including phenoxy) is 6. The molecule has 0 bridgehead atoms. The third-order valence-electron chi connectivity index (χ3n) is 14.0. The highest BCUT2D eigenvalue weighted by atomic mass is 16.7. The van der Waals surface area contributed by atoms with Crippen LogP contribution in [0.3, 0.4) is 0 Å². The number of rotatable bonds is 48.